The van der Waals surface area contributed by atoms with Gasteiger partial charge in [0.2, 0.25) is 21.8 Å². The number of carbonyl (C=O) groups is 2. The fourth-order valence-electron chi connectivity index (χ4n) is 3.94. The van der Waals surface area contributed by atoms with Gasteiger partial charge in [0, 0.05) is 38.3 Å². The molecule has 0 bridgehead atoms. The maximum absolute atomic E-state index is 12.7. The van der Waals surface area contributed by atoms with Crippen molar-refractivity contribution < 1.29 is 18.0 Å². The highest BCUT2D eigenvalue weighted by atomic mass is 32.2. The van der Waals surface area contributed by atoms with Gasteiger partial charge in [-0.25, -0.2) is 8.42 Å². The highest BCUT2D eigenvalue weighted by molar-refractivity contribution is 7.89. The van der Waals surface area contributed by atoms with Crippen LogP contribution in [-0.4, -0.2) is 44.2 Å². The third kappa shape index (κ3) is 4.24. The van der Waals surface area contributed by atoms with E-state index in [-0.39, 0.29) is 29.7 Å². The molecule has 2 aromatic rings. The SMILES string of the molecule is O=C(NCc1ccccc1)[C@@H]1CC(=O)N(c2ccc(S(=O)(=O)N3CCCC3)cc2)C1. The minimum absolute atomic E-state index is 0.134. The van der Waals surface area contributed by atoms with Crippen molar-refractivity contribution in [3.63, 3.8) is 0 Å². The number of sulfonamides is 1. The molecule has 0 unspecified atom stereocenters. The number of amides is 2. The Morgan fingerprint density at radius 3 is 2.33 bits per heavy atom. The lowest BCUT2D eigenvalue weighted by atomic mass is 10.1. The van der Waals surface area contributed by atoms with Gasteiger partial charge in [0.1, 0.15) is 0 Å². The van der Waals surface area contributed by atoms with E-state index in [1.807, 2.05) is 30.3 Å². The van der Waals surface area contributed by atoms with E-state index >= 15 is 0 Å². The Labute approximate surface area is 176 Å². The zero-order valence-electron chi connectivity index (χ0n) is 16.7. The second-order valence-corrected chi connectivity index (χ2v) is 9.65. The second kappa shape index (κ2) is 8.57. The molecule has 2 heterocycles. The first-order chi connectivity index (χ1) is 14.4. The van der Waals surface area contributed by atoms with Gasteiger partial charge in [-0.1, -0.05) is 30.3 Å². The van der Waals surface area contributed by atoms with Crippen molar-refractivity contribution in [2.45, 2.75) is 30.7 Å². The molecule has 0 saturated carbocycles. The standard InChI is InChI=1S/C22H25N3O4S/c26-21-14-18(22(27)23-15-17-6-2-1-3-7-17)16-25(21)19-8-10-20(11-9-19)30(28,29)24-12-4-5-13-24/h1-3,6-11,18H,4-5,12-16H2,(H,23,27)/t18-/m1/s1. The van der Waals surface area contributed by atoms with E-state index in [1.54, 1.807) is 29.2 Å². The van der Waals surface area contributed by atoms with Crippen molar-refractivity contribution in [1.82, 2.24) is 9.62 Å². The van der Waals surface area contributed by atoms with Crippen molar-refractivity contribution in [3.05, 3.63) is 60.2 Å². The van der Waals surface area contributed by atoms with Gasteiger partial charge >= 0.3 is 0 Å². The van der Waals surface area contributed by atoms with Crippen molar-refractivity contribution in [2.75, 3.05) is 24.5 Å². The number of anilines is 1. The zero-order valence-corrected chi connectivity index (χ0v) is 17.5. The lowest BCUT2D eigenvalue weighted by Crippen LogP contribution is -2.32. The van der Waals surface area contributed by atoms with Crippen LogP contribution < -0.4 is 10.2 Å². The van der Waals surface area contributed by atoms with E-state index in [9.17, 15) is 18.0 Å². The molecular formula is C22H25N3O4S. The number of rotatable bonds is 6. The van der Waals surface area contributed by atoms with E-state index in [0.29, 0.717) is 25.3 Å². The van der Waals surface area contributed by atoms with Gasteiger partial charge in [-0.15, -0.1) is 0 Å². The van der Waals surface area contributed by atoms with Crippen LogP contribution in [0.2, 0.25) is 0 Å². The Morgan fingerprint density at radius 2 is 1.67 bits per heavy atom. The van der Waals surface area contributed by atoms with E-state index in [0.717, 1.165) is 18.4 Å². The molecular weight excluding hydrogens is 402 g/mol. The van der Waals surface area contributed by atoms with E-state index in [1.165, 1.54) is 4.31 Å². The normalized spacial score (nSPS) is 19.9. The number of hydrogen-bond acceptors (Lipinski definition) is 4. The summed E-state index contributed by atoms with van der Waals surface area (Å²) < 4.78 is 26.8. The molecule has 2 aliphatic rings. The Kier molecular flexibility index (Phi) is 5.87. The van der Waals surface area contributed by atoms with Crippen molar-refractivity contribution in [2.24, 2.45) is 5.92 Å². The maximum atomic E-state index is 12.7. The molecule has 30 heavy (non-hydrogen) atoms. The summed E-state index contributed by atoms with van der Waals surface area (Å²) in [7, 11) is -3.48. The van der Waals surface area contributed by atoms with Crippen LogP contribution in [0.15, 0.2) is 59.5 Å². The zero-order chi connectivity index (χ0) is 21.1. The van der Waals surface area contributed by atoms with Gasteiger partial charge in [0.15, 0.2) is 0 Å². The lowest BCUT2D eigenvalue weighted by Gasteiger charge is -2.19. The summed E-state index contributed by atoms with van der Waals surface area (Å²) in [5, 5.41) is 2.89. The largest absolute Gasteiger partial charge is 0.352 e. The number of hydrogen-bond donors (Lipinski definition) is 1. The summed E-state index contributed by atoms with van der Waals surface area (Å²) in [5.74, 6) is -0.706. The topological polar surface area (TPSA) is 86.8 Å². The van der Waals surface area contributed by atoms with Crippen LogP contribution in [0.4, 0.5) is 5.69 Å². The summed E-state index contributed by atoms with van der Waals surface area (Å²) in [6, 6.07) is 16.0. The molecule has 7 nitrogen and oxygen atoms in total. The number of nitrogens with zero attached hydrogens (tertiary/aromatic N) is 2. The maximum Gasteiger partial charge on any atom is 0.243 e. The summed E-state index contributed by atoms with van der Waals surface area (Å²) in [5.41, 5.74) is 1.61. The first kappa shape index (κ1) is 20.6. The van der Waals surface area contributed by atoms with Crippen LogP contribution >= 0.6 is 0 Å². The molecule has 1 N–H and O–H groups in total. The fraction of sp³-hybridized carbons (Fsp3) is 0.364. The lowest BCUT2D eigenvalue weighted by molar-refractivity contribution is -0.126. The molecule has 4 rings (SSSR count). The Morgan fingerprint density at radius 1 is 1.00 bits per heavy atom. The van der Waals surface area contributed by atoms with Gasteiger partial charge in [0.25, 0.3) is 0 Å². The molecule has 1 atom stereocenters. The molecule has 158 valence electrons. The molecule has 0 radical (unpaired) electrons. The quantitative estimate of drug-likeness (QED) is 0.765. The molecule has 0 spiro atoms. The molecule has 2 saturated heterocycles. The molecule has 2 amide bonds. The predicted octanol–water partition coefficient (Wildman–Crippen LogP) is 2.14. The van der Waals surface area contributed by atoms with Gasteiger partial charge < -0.3 is 10.2 Å². The molecule has 8 heteroatoms. The van der Waals surface area contributed by atoms with Crippen LogP contribution in [0.5, 0.6) is 0 Å². The minimum Gasteiger partial charge on any atom is -0.352 e. The predicted molar refractivity (Wildman–Crippen MR) is 113 cm³/mol. The van der Waals surface area contributed by atoms with Gasteiger partial charge in [0.05, 0.1) is 10.8 Å². The van der Waals surface area contributed by atoms with Gasteiger partial charge in [-0.05, 0) is 42.7 Å². The average Bonchev–Trinajstić information content (AvgIpc) is 3.43. The van der Waals surface area contributed by atoms with Gasteiger partial charge in [-0.2, -0.15) is 4.31 Å². The monoisotopic (exact) mass is 427 g/mol. The summed E-state index contributed by atoms with van der Waals surface area (Å²) in [6.07, 6.45) is 1.91. The highest BCUT2D eigenvalue weighted by Gasteiger charge is 2.35. The van der Waals surface area contributed by atoms with Crippen LogP contribution in [0.1, 0.15) is 24.8 Å². The third-order valence-corrected chi connectivity index (χ3v) is 7.57. The van der Waals surface area contributed by atoms with Crippen LogP contribution in [0, 0.1) is 5.92 Å². The van der Waals surface area contributed by atoms with E-state index in [2.05, 4.69) is 5.32 Å². The molecule has 0 aliphatic carbocycles. The Bertz CT molecular complexity index is 1020. The molecule has 2 aromatic carbocycles. The average molecular weight is 428 g/mol. The summed E-state index contributed by atoms with van der Waals surface area (Å²) in [4.78, 5) is 26.8. The smallest absolute Gasteiger partial charge is 0.243 e. The summed E-state index contributed by atoms with van der Waals surface area (Å²) >= 11 is 0. The van der Waals surface area contributed by atoms with Crippen LogP contribution in [0.25, 0.3) is 0 Å². The first-order valence-corrected chi connectivity index (χ1v) is 11.6. The number of nitrogens with one attached hydrogen (secondary N) is 1. The van der Waals surface area contributed by atoms with Crippen molar-refractivity contribution in [3.8, 4) is 0 Å². The Balaban J connectivity index is 1.39. The van der Waals surface area contributed by atoms with Crippen molar-refractivity contribution >= 4 is 27.5 Å². The first-order valence-electron chi connectivity index (χ1n) is 10.2. The number of benzene rings is 2. The third-order valence-electron chi connectivity index (χ3n) is 5.66. The molecule has 0 aromatic heterocycles. The van der Waals surface area contributed by atoms with Gasteiger partial charge in [-0.3, -0.25) is 9.59 Å². The highest BCUT2D eigenvalue weighted by Crippen LogP contribution is 2.28. The molecule has 2 aliphatic heterocycles. The number of carbonyl (C=O) groups excluding carboxylic acids is 2. The van der Waals surface area contributed by atoms with Crippen LogP contribution in [0.3, 0.4) is 0 Å². The van der Waals surface area contributed by atoms with E-state index in [4.69, 9.17) is 0 Å². The van der Waals surface area contributed by atoms with Crippen molar-refractivity contribution in [1.29, 1.82) is 0 Å². The Hall–Kier alpha value is -2.71. The summed E-state index contributed by atoms with van der Waals surface area (Å²) in [6.45, 7) is 1.81. The minimum atomic E-state index is -3.48. The van der Waals surface area contributed by atoms with E-state index < -0.39 is 15.9 Å². The molecule has 2 fully saturated rings. The van der Waals surface area contributed by atoms with Crippen LogP contribution in [-0.2, 0) is 26.2 Å². The fourth-order valence-corrected chi connectivity index (χ4v) is 5.45. The second-order valence-electron chi connectivity index (χ2n) is 7.71.